The van der Waals surface area contributed by atoms with E-state index in [4.69, 9.17) is 4.98 Å². The Hall–Kier alpha value is -1.79. The van der Waals surface area contributed by atoms with Crippen LogP contribution in [-0.4, -0.2) is 28.0 Å². The van der Waals surface area contributed by atoms with Gasteiger partial charge in [0.2, 0.25) is 0 Å². The van der Waals surface area contributed by atoms with Crippen molar-refractivity contribution in [1.82, 2.24) is 15.0 Å². The van der Waals surface area contributed by atoms with Crippen LogP contribution in [0.4, 0.5) is 5.82 Å². The first-order chi connectivity index (χ1) is 12.8. The second-order valence-electron chi connectivity index (χ2n) is 7.14. The standard InChI is InChI=1S/C20H27N5S/c1-2-3-9-15-13-7-6-8-14(13)16-17-18(26-20(16)25-15)19(24-12-23-17)22-11-5-4-10-21/h12H,2-11,21H2,1H3,(H,22,23,24)/p+1. The summed E-state index contributed by atoms with van der Waals surface area (Å²) in [6, 6.07) is 0. The molecule has 26 heavy (non-hydrogen) atoms. The summed E-state index contributed by atoms with van der Waals surface area (Å²) >= 11 is 1.75. The highest BCUT2D eigenvalue weighted by Crippen LogP contribution is 2.41. The van der Waals surface area contributed by atoms with Crippen LogP contribution in [-0.2, 0) is 19.3 Å². The lowest BCUT2D eigenvalue weighted by Crippen LogP contribution is -2.50. The van der Waals surface area contributed by atoms with E-state index in [0.29, 0.717) is 0 Å². The topological polar surface area (TPSA) is 78.3 Å². The minimum absolute atomic E-state index is 0.934. The highest BCUT2D eigenvalue weighted by molar-refractivity contribution is 7.26. The molecule has 0 saturated carbocycles. The fraction of sp³-hybridized carbons (Fsp3) is 0.550. The summed E-state index contributed by atoms with van der Waals surface area (Å²) in [5.41, 5.74) is 9.35. The molecule has 1 aliphatic carbocycles. The molecule has 6 heteroatoms. The minimum Gasteiger partial charge on any atom is -0.369 e. The van der Waals surface area contributed by atoms with E-state index in [2.05, 4.69) is 27.9 Å². The maximum atomic E-state index is 5.09. The Morgan fingerprint density at radius 1 is 1.15 bits per heavy atom. The van der Waals surface area contributed by atoms with Crippen molar-refractivity contribution in [2.45, 2.75) is 58.3 Å². The molecule has 0 saturated heterocycles. The number of aromatic nitrogens is 3. The first-order valence-corrected chi connectivity index (χ1v) is 10.8. The van der Waals surface area contributed by atoms with E-state index in [1.807, 2.05) is 0 Å². The van der Waals surface area contributed by atoms with Gasteiger partial charge in [0.15, 0.2) is 0 Å². The Bertz CT molecular complexity index is 918. The van der Waals surface area contributed by atoms with E-state index in [-0.39, 0.29) is 0 Å². The molecule has 5 nitrogen and oxygen atoms in total. The van der Waals surface area contributed by atoms with Gasteiger partial charge in [-0.25, -0.2) is 15.0 Å². The lowest BCUT2D eigenvalue weighted by Gasteiger charge is -2.08. The van der Waals surface area contributed by atoms with Crippen LogP contribution in [0.25, 0.3) is 20.4 Å². The predicted molar refractivity (Wildman–Crippen MR) is 109 cm³/mol. The van der Waals surface area contributed by atoms with Crippen LogP contribution in [0.15, 0.2) is 6.33 Å². The van der Waals surface area contributed by atoms with Crippen LogP contribution < -0.4 is 11.1 Å². The first kappa shape index (κ1) is 17.6. The van der Waals surface area contributed by atoms with E-state index in [9.17, 15) is 0 Å². The Balaban J connectivity index is 1.78. The molecule has 0 radical (unpaired) electrons. The largest absolute Gasteiger partial charge is 0.369 e. The molecular formula is C20H28N5S+. The number of thiophene rings is 1. The van der Waals surface area contributed by atoms with E-state index in [1.54, 1.807) is 17.7 Å². The van der Waals surface area contributed by atoms with E-state index in [0.717, 1.165) is 59.6 Å². The van der Waals surface area contributed by atoms with E-state index in [1.165, 1.54) is 47.9 Å². The molecule has 3 aromatic heterocycles. The van der Waals surface area contributed by atoms with Gasteiger partial charge in [-0.05, 0) is 56.1 Å². The molecule has 3 aromatic rings. The van der Waals surface area contributed by atoms with E-state index < -0.39 is 0 Å². The molecule has 0 unspecified atom stereocenters. The van der Waals surface area contributed by atoms with Crippen molar-refractivity contribution in [1.29, 1.82) is 0 Å². The van der Waals surface area contributed by atoms with Gasteiger partial charge in [-0.1, -0.05) is 13.3 Å². The Morgan fingerprint density at radius 2 is 2.04 bits per heavy atom. The molecule has 0 spiro atoms. The van der Waals surface area contributed by atoms with Crippen molar-refractivity contribution in [3.05, 3.63) is 23.1 Å². The molecule has 0 aromatic carbocycles. The van der Waals surface area contributed by atoms with Gasteiger partial charge in [0.05, 0.1) is 16.8 Å². The van der Waals surface area contributed by atoms with Gasteiger partial charge in [0, 0.05) is 17.6 Å². The third kappa shape index (κ3) is 3.16. The lowest BCUT2D eigenvalue weighted by atomic mass is 10.0. The molecule has 4 N–H and O–H groups in total. The SMILES string of the molecule is CCCCc1nc2sc3c(NCCCC[NH3+])ncnc3c2c2c1CCC2. The van der Waals surface area contributed by atoms with Crippen molar-refractivity contribution >= 4 is 37.6 Å². The van der Waals surface area contributed by atoms with Crippen molar-refractivity contribution in [3.8, 4) is 0 Å². The van der Waals surface area contributed by atoms with Gasteiger partial charge in [-0.15, -0.1) is 11.3 Å². The predicted octanol–water partition coefficient (Wildman–Crippen LogP) is 3.50. The number of rotatable bonds is 8. The smallest absolute Gasteiger partial charge is 0.147 e. The average Bonchev–Trinajstić information content (AvgIpc) is 3.27. The summed E-state index contributed by atoms with van der Waals surface area (Å²) in [6.45, 7) is 4.17. The maximum absolute atomic E-state index is 5.09. The van der Waals surface area contributed by atoms with Crippen LogP contribution in [0.2, 0.25) is 0 Å². The second-order valence-corrected chi connectivity index (χ2v) is 8.14. The fourth-order valence-corrected chi connectivity index (χ4v) is 5.11. The summed E-state index contributed by atoms with van der Waals surface area (Å²) in [5.74, 6) is 0.962. The van der Waals surface area contributed by atoms with Crippen LogP contribution in [0, 0.1) is 0 Å². The summed E-state index contributed by atoms with van der Waals surface area (Å²) in [6.07, 6.45) is 11.1. The molecule has 0 bridgehead atoms. The van der Waals surface area contributed by atoms with Crippen molar-refractivity contribution in [3.63, 3.8) is 0 Å². The average molecular weight is 371 g/mol. The number of aryl methyl sites for hydroxylation is 2. The first-order valence-electron chi connectivity index (χ1n) is 9.94. The minimum atomic E-state index is 0.934. The lowest BCUT2D eigenvalue weighted by molar-refractivity contribution is -0.368. The Morgan fingerprint density at radius 3 is 2.88 bits per heavy atom. The van der Waals surface area contributed by atoms with Crippen LogP contribution in [0.5, 0.6) is 0 Å². The quantitative estimate of drug-likeness (QED) is 0.595. The number of nitrogens with one attached hydrogen (secondary N) is 1. The highest BCUT2D eigenvalue weighted by atomic mass is 32.1. The van der Waals surface area contributed by atoms with Gasteiger partial charge in [-0.3, -0.25) is 0 Å². The summed E-state index contributed by atoms with van der Waals surface area (Å²) in [7, 11) is 0. The van der Waals surface area contributed by atoms with Crippen molar-refractivity contribution in [2.24, 2.45) is 0 Å². The van der Waals surface area contributed by atoms with Gasteiger partial charge >= 0.3 is 0 Å². The Kier molecular flexibility index (Phi) is 5.31. The zero-order valence-corrected chi connectivity index (χ0v) is 16.4. The molecule has 0 fully saturated rings. The van der Waals surface area contributed by atoms with Crippen LogP contribution >= 0.6 is 11.3 Å². The van der Waals surface area contributed by atoms with Gasteiger partial charge in [-0.2, -0.15) is 0 Å². The maximum Gasteiger partial charge on any atom is 0.147 e. The van der Waals surface area contributed by atoms with Crippen molar-refractivity contribution < 1.29 is 5.73 Å². The zero-order valence-electron chi connectivity index (χ0n) is 15.6. The highest BCUT2D eigenvalue weighted by Gasteiger charge is 2.23. The number of unbranched alkanes of at least 4 members (excludes halogenated alkanes) is 2. The monoisotopic (exact) mass is 370 g/mol. The second kappa shape index (κ2) is 7.84. The third-order valence-corrected chi connectivity index (χ3v) is 6.37. The van der Waals surface area contributed by atoms with Gasteiger partial charge in [0.1, 0.15) is 17.0 Å². The van der Waals surface area contributed by atoms with Crippen LogP contribution in [0.3, 0.4) is 0 Å². The van der Waals surface area contributed by atoms with Gasteiger partial charge < -0.3 is 11.1 Å². The molecule has 0 amide bonds. The molecular weight excluding hydrogens is 342 g/mol. The van der Waals surface area contributed by atoms with Gasteiger partial charge in [0.25, 0.3) is 0 Å². The summed E-state index contributed by atoms with van der Waals surface area (Å²) in [5, 5.41) is 4.80. The molecule has 138 valence electrons. The molecule has 1 aliphatic rings. The summed E-state index contributed by atoms with van der Waals surface area (Å²) < 4.78 is 1.16. The third-order valence-electron chi connectivity index (χ3n) is 5.29. The number of pyridine rings is 1. The normalized spacial score (nSPS) is 13.6. The number of quaternary nitrogens is 1. The van der Waals surface area contributed by atoms with Crippen LogP contribution in [0.1, 0.15) is 55.8 Å². The molecule has 4 rings (SSSR count). The molecule has 0 aliphatic heterocycles. The molecule has 0 atom stereocenters. The fourth-order valence-electron chi connectivity index (χ4n) is 3.96. The van der Waals surface area contributed by atoms with E-state index >= 15 is 0 Å². The number of hydrogen-bond acceptors (Lipinski definition) is 5. The molecule has 3 heterocycles. The number of nitrogens with zero attached hydrogens (tertiary/aromatic N) is 3. The Labute approximate surface area is 158 Å². The van der Waals surface area contributed by atoms with Crippen molar-refractivity contribution in [2.75, 3.05) is 18.4 Å². The number of fused-ring (bicyclic) bond motifs is 5. The zero-order chi connectivity index (χ0) is 17.9. The number of anilines is 1. The number of hydrogen-bond donors (Lipinski definition) is 2. The summed E-state index contributed by atoms with van der Waals surface area (Å²) in [4.78, 5) is 15.4.